The van der Waals surface area contributed by atoms with Gasteiger partial charge in [-0.05, 0) is 0 Å². The fraction of sp³-hybridized carbons (Fsp3) is 0.800. The minimum absolute atomic E-state index is 0. The molecular formula is C10H22ClNO2. The molecule has 4 heteroatoms. The zero-order valence-electron chi connectivity index (χ0n) is 9.37. The number of rotatable bonds is 7. The summed E-state index contributed by atoms with van der Waals surface area (Å²) in [5.74, 6) is 0. The van der Waals surface area contributed by atoms with Crippen molar-refractivity contribution in [2.24, 2.45) is 0 Å². The Morgan fingerprint density at radius 1 is 1.43 bits per heavy atom. The molecule has 14 heavy (non-hydrogen) atoms. The lowest BCUT2D eigenvalue weighted by Gasteiger charge is -2.25. The van der Waals surface area contributed by atoms with Crippen LogP contribution in [0.15, 0.2) is 12.7 Å². The van der Waals surface area contributed by atoms with Gasteiger partial charge in [-0.2, -0.15) is 0 Å². The number of aliphatic hydroxyl groups excluding tert-OH is 1. The molecule has 0 rings (SSSR count). The van der Waals surface area contributed by atoms with Crippen LogP contribution in [0.2, 0.25) is 0 Å². The van der Waals surface area contributed by atoms with Gasteiger partial charge in [0, 0.05) is 6.42 Å². The number of ether oxygens (including phenoxy) is 1. The molecule has 0 saturated heterocycles. The fourth-order valence-electron chi connectivity index (χ4n) is 0.907. The summed E-state index contributed by atoms with van der Waals surface area (Å²) in [7, 11) is 6.33. The highest BCUT2D eigenvalue weighted by atomic mass is 35.5. The molecule has 1 N–H and O–H groups in total. The van der Waals surface area contributed by atoms with Crippen LogP contribution in [0, 0.1) is 0 Å². The first-order chi connectivity index (χ1) is 5.95. The first kappa shape index (κ1) is 16.3. The van der Waals surface area contributed by atoms with Crippen LogP contribution < -0.4 is 12.4 Å². The third-order valence-corrected chi connectivity index (χ3v) is 1.68. The molecule has 0 aliphatic rings. The number of halogens is 1. The molecule has 86 valence electrons. The molecule has 0 spiro atoms. The standard InChI is InChI=1S/C10H22NO2.ClH/c1-5-8-13-9-10(12)6-7-11(2,3)4;/h5,10,12H,1,6-9H2,2-4H3;1H/q+1;/p-1. The predicted octanol–water partition coefficient (Wildman–Crippen LogP) is -2.35. The minimum atomic E-state index is -0.350. The van der Waals surface area contributed by atoms with E-state index < -0.39 is 0 Å². The summed E-state index contributed by atoms with van der Waals surface area (Å²) < 4.78 is 6.01. The van der Waals surface area contributed by atoms with Gasteiger partial charge in [-0.15, -0.1) is 6.58 Å². The number of hydrogen-bond acceptors (Lipinski definition) is 2. The van der Waals surface area contributed by atoms with Crippen molar-refractivity contribution in [3.8, 4) is 0 Å². The third kappa shape index (κ3) is 11.9. The van der Waals surface area contributed by atoms with Gasteiger partial charge in [0.05, 0.1) is 47.0 Å². The monoisotopic (exact) mass is 223 g/mol. The molecule has 0 bridgehead atoms. The van der Waals surface area contributed by atoms with Crippen LogP contribution in [0.3, 0.4) is 0 Å². The Hall–Kier alpha value is -0.0900. The highest BCUT2D eigenvalue weighted by Gasteiger charge is 2.11. The molecule has 0 aromatic carbocycles. The van der Waals surface area contributed by atoms with E-state index in [0.717, 1.165) is 17.4 Å². The van der Waals surface area contributed by atoms with Gasteiger partial charge in [0.1, 0.15) is 0 Å². The summed E-state index contributed by atoms with van der Waals surface area (Å²) in [4.78, 5) is 0. The van der Waals surface area contributed by atoms with Crippen molar-refractivity contribution in [2.75, 3.05) is 40.9 Å². The Kier molecular flexibility index (Phi) is 9.62. The molecule has 0 saturated carbocycles. The van der Waals surface area contributed by atoms with Crippen molar-refractivity contribution in [3.63, 3.8) is 0 Å². The SMILES string of the molecule is C=CCOCC(O)CC[N+](C)(C)C.[Cl-]. The van der Waals surface area contributed by atoms with Crippen LogP contribution in [0.5, 0.6) is 0 Å². The second-order valence-corrected chi connectivity index (χ2v) is 4.28. The Bertz CT molecular complexity index is 146. The maximum Gasteiger partial charge on any atom is 0.0827 e. The van der Waals surface area contributed by atoms with Crippen LogP contribution in [0.4, 0.5) is 0 Å². The number of hydrogen-bond donors (Lipinski definition) is 1. The Balaban J connectivity index is 0. The van der Waals surface area contributed by atoms with E-state index in [4.69, 9.17) is 4.74 Å². The van der Waals surface area contributed by atoms with Gasteiger partial charge in [-0.1, -0.05) is 6.08 Å². The second-order valence-electron chi connectivity index (χ2n) is 4.28. The molecule has 0 aliphatic heterocycles. The summed E-state index contributed by atoms with van der Waals surface area (Å²) in [6.07, 6.45) is 2.12. The van der Waals surface area contributed by atoms with E-state index in [9.17, 15) is 5.11 Å². The molecule has 3 nitrogen and oxygen atoms in total. The molecule has 0 amide bonds. The molecule has 0 aromatic rings. The van der Waals surface area contributed by atoms with Gasteiger partial charge < -0.3 is 26.7 Å². The van der Waals surface area contributed by atoms with Crippen LogP contribution >= 0.6 is 0 Å². The van der Waals surface area contributed by atoms with E-state index in [-0.39, 0.29) is 18.5 Å². The highest BCUT2D eigenvalue weighted by Crippen LogP contribution is 1.99. The van der Waals surface area contributed by atoms with Gasteiger partial charge in [0.25, 0.3) is 0 Å². The summed E-state index contributed by atoms with van der Waals surface area (Å²) in [6, 6.07) is 0. The second kappa shape index (κ2) is 8.24. The lowest BCUT2D eigenvalue weighted by Crippen LogP contribution is -3.00. The topological polar surface area (TPSA) is 29.5 Å². The fourth-order valence-corrected chi connectivity index (χ4v) is 0.907. The van der Waals surface area contributed by atoms with Crippen molar-refractivity contribution in [1.29, 1.82) is 0 Å². The lowest BCUT2D eigenvalue weighted by molar-refractivity contribution is -0.870. The Morgan fingerprint density at radius 2 is 2.00 bits per heavy atom. The predicted molar refractivity (Wildman–Crippen MR) is 54.5 cm³/mol. The van der Waals surface area contributed by atoms with Crippen molar-refractivity contribution in [3.05, 3.63) is 12.7 Å². The van der Waals surface area contributed by atoms with Crippen LogP contribution in [-0.2, 0) is 4.74 Å². The third-order valence-electron chi connectivity index (χ3n) is 1.68. The van der Waals surface area contributed by atoms with Crippen molar-refractivity contribution >= 4 is 0 Å². The highest BCUT2D eigenvalue weighted by molar-refractivity contribution is 4.64. The summed E-state index contributed by atoms with van der Waals surface area (Å²) in [5.41, 5.74) is 0. The van der Waals surface area contributed by atoms with Crippen molar-refractivity contribution in [1.82, 2.24) is 0 Å². The number of nitrogens with zero attached hydrogens (tertiary/aromatic N) is 1. The summed E-state index contributed by atoms with van der Waals surface area (Å²) in [6.45, 7) is 5.41. The minimum Gasteiger partial charge on any atom is -1.00 e. The first-order valence-corrected chi connectivity index (χ1v) is 4.63. The van der Waals surface area contributed by atoms with Gasteiger partial charge in [0.2, 0.25) is 0 Å². The molecule has 0 aromatic heterocycles. The van der Waals surface area contributed by atoms with Gasteiger partial charge in [-0.3, -0.25) is 0 Å². The van der Waals surface area contributed by atoms with Crippen LogP contribution in [0.25, 0.3) is 0 Å². The summed E-state index contributed by atoms with van der Waals surface area (Å²) >= 11 is 0. The van der Waals surface area contributed by atoms with E-state index >= 15 is 0 Å². The first-order valence-electron chi connectivity index (χ1n) is 4.63. The molecule has 0 radical (unpaired) electrons. The van der Waals surface area contributed by atoms with Gasteiger partial charge >= 0.3 is 0 Å². The Morgan fingerprint density at radius 3 is 2.43 bits per heavy atom. The van der Waals surface area contributed by atoms with E-state index in [1.165, 1.54) is 0 Å². The molecule has 0 aliphatic carbocycles. The Labute approximate surface area is 93.4 Å². The maximum atomic E-state index is 9.47. The quantitative estimate of drug-likeness (QED) is 0.298. The maximum absolute atomic E-state index is 9.47. The van der Waals surface area contributed by atoms with E-state index in [2.05, 4.69) is 27.7 Å². The largest absolute Gasteiger partial charge is 1.00 e. The zero-order chi connectivity index (χ0) is 10.3. The van der Waals surface area contributed by atoms with Crippen LogP contribution in [0.1, 0.15) is 6.42 Å². The van der Waals surface area contributed by atoms with E-state index in [0.29, 0.717) is 13.2 Å². The molecule has 0 heterocycles. The lowest BCUT2D eigenvalue weighted by atomic mass is 10.2. The van der Waals surface area contributed by atoms with E-state index in [1.807, 2.05) is 0 Å². The molecule has 0 fully saturated rings. The molecule has 1 atom stereocenters. The summed E-state index contributed by atoms with van der Waals surface area (Å²) in [5, 5.41) is 9.47. The normalized spacial score (nSPS) is 13.1. The van der Waals surface area contributed by atoms with Gasteiger partial charge in [-0.25, -0.2) is 0 Å². The van der Waals surface area contributed by atoms with Gasteiger partial charge in [0.15, 0.2) is 0 Å². The smallest absolute Gasteiger partial charge is 0.0827 e. The molecule has 1 unspecified atom stereocenters. The van der Waals surface area contributed by atoms with Crippen molar-refractivity contribution in [2.45, 2.75) is 12.5 Å². The number of aliphatic hydroxyl groups is 1. The van der Waals surface area contributed by atoms with Crippen molar-refractivity contribution < 1.29 is 26.7 Å². The number of quaternary nitrogens is 1. The van der Waals surface area contributed by atoms with E-state index in [1.54, 1.807) is 6.08 Å². The van der Waals surface area contributed by atoms with Crippen LogP contribution in [-0.4, -0.2) is 56.6 Å². The average Bonchev–Trinajstić information content (AvgIpc) is 2.00. The zero-order valence-corrected chi connectivity index (χ0v) is 10.1. The molecular weight excluding hydrogens is 202 g/mol. The average molecular weight is 224 g/mol.